The smallest absolute Gasteiger partial charge is 0.143 e. The molecule has 0 fully saturated rings. The zero-order chi connectivity index (χ0) is 32.0. The number of unbranched alkanes of at least 4 members (excludes halogenated alkanes) is 11. The Morgan fingerprint density at radius 1 is 0.533 bits per heavy atom. The van der Waals surface area contributed by atoms with Crippen LogP contribution in [-0.4, -0.2) is 30.5 Å². The van der Waals surface area contributed by atoms with Gasteiger partial charge in [0.2, 0.25) is 0 Å². The van der Waals surface area contributed by atoms with Crippen LogP contribution in [0, 0.1) is 5.92 Å². The molecule has 3 atom stereocenters. The highest BCUT2D eigenvalue weighted by Crippen LogP contribution is 2.40. The van der Waals surface area contributed by atoms with E-state index >= 15 is 0 Å². The first-order chi connectivity index (χ1) is 22.1. The first kappa shape index (κ1) is 37.0. The molecule has 0 saturated carbocycles. The number of hydrogen-bond acceptors (Lipinski definition) is 3. The molecule has 0 radical (unpaired) electrons. The molecule has 3 aromatic carbocycles. The van der Waals surface area contributed by atoms with Gasteiger partial charge in [-0.05, 0) is 35.4 Å². The number of rotatable bonds is 25. The van der Waals surface area contributed by atoms with E-state index in [2.05, 4.69) is 93.6 Å². The maximum absolute atomic E-state index is 11.3. The molecule has 3 heteroatoms. The van der Waals surface area contributed by atoms with E-state index in [4.69, 9.17) is 9.47 Å². The summed E-state index contributed by atoms with van der Waals surface area (Å²) in [4.78, 5) is 0. The Bertz CT molecular complexity index is 1000. The van der Waals surface area contributed by atoms with Crippen molar-refractivity contribution in [2.24, 2.45) is 5.92 Å². The first-order valence-electron chi connectivity index (χ1n) is 18.2. The summed E-state index contributed by atoms with van der Waals surface area (Å²) in [5, 5.41) is 11.3. The van der Waals surface area contributed by atoms with Crippen LogP contribution in [-0.2, 0) is 15.1 Å². The van der Waals surface area contributed by atoms with Gasteiger partial charge in [-0.3, -0.25) is 0 Å². The minimum absolute atomic E-state index is 0.174. The number of aliphatic hydroxyl groups excluding tert-OH is 1. The van der Waals surface area contributed by atoms with E-state index in [1.807, 2.05) is 18.2 Å². The first-order valence-corrected chi connectivity index (χ1v) is 18.2. The molecule has 0 saturated heterocycles. The molecule has 0 bridgehead atoms. The van der Waals surface area contributed by atoms with E-state index in [9.17, 15) is 5.11 Å². The zero-order valence-electron chi connectivity index (χ0n) is 28.7. The van der Waals surface area contributed by atoms with Crippen molar-refractivity contribution in [1.29, 1.82) is 0 Å². The second kappa shape index (κ2) is 22.1. The molecule has 3 nitrogen and oxygen atoms in total. The van der Waals surface area contributed by atoms with Gasteiger partial charge in [0, 0.05) is 0 Å². The molecule has 0 spiro atoms. The van der Waals surface area contributed by atoms with Crippen LogP contribution in [0.25, 0.3) is 0 Å². The van der Waals surface area contributed by atoms with Gasteiger partial charge in [-0.1, -0.05) is 195 Å². The highest BCUT2D eigenvalue weighted by Gasteiger charge is 2.38. The summed E-state index contributed by atoms with van der Waals surface area (Å²) in [5.41, 5.74) is 2.28. The Hall–Kier alpha value is -2.46. The van der Waals surface area contributed by atoms with Crippen molar-refractivity contribution in [3.63, 3.8) is 0 Å². The topological polar surface area (TPSA) is 38.7 Å². The molecule has 0 heterocycles. The van der Waals surface area contributed by atoms with Gasteiger partial charge in [0.05, 0.1) is 19.3 Å². The van der Waals surface area contributed by atoms with E-state index in [0.717, 1.165) is 23.1 Å². The lowest BCUT2D eigenvalue weighted by molar-refractivity contribution is -0.0868. The predicted molar refractivity (Wildman–Crippen MR) is 191 cm³/mol. The summed E-state index contributed by atoms with van der Waals surface area (Å²) < 4.78 is 13.4. The third-order valence-electron chi connectivity index (χ3n) is 9.28. The van der Waals surface area contributed by atoms with Crippen molar-refractivity contribution in [2.45, 2.75) is 135 Å². The molecule has 0 aliphatic heterocycles. The van der Waals surface area contributed by atoms with E-state index in [1.165, 1.54) is 89.9 Å². The van der Waals surface area contributed by atoms with Crippen LogP contribution in [0.3, 0.4) is 0 Å². The zero-order valence-corrected chi connectivity index (χ0v) is 28.7. The fourth-order valence-corrected chi connectivity index (χ4v) is 6.54. The van der Waals surface area contributed by atoms with Crippen LogP contribution in [0.4, 0.5) is 0 Å². The van der Waals surface area contributed by atoms with E-state index < -0.39 is 11.7 Å². The van der Waals surface area contributed by atoms with Crippen LogP contribution < -0.4 is 0 Å². The monoisotopic (exact) mass is 614 g/mol. The van der Waals surface area contributed by atoms with Crippen LogP contribution in [0.5, 0.6) is 0 Å². The summed E-state index contributed by atoms with van der Waals surface area (Å²) in [6, 6.07) is 31.1. The molecule has 0 aliphatic rings. The second-order valence-electron chi connectivity index (χ2n) is 13.1. The van der Waals surface area contributed by atoms with Crippen molar-refractivity contribution in [2.75, 3.05) is 13.2 Å². The standard InChI is InChI=1S/C42H62O3/c1-4-6-8-10-11-12-13-14-25-33-41(36(3)26-18-9-7-5-2)44-34-40(43)35-45-42(37-27-19-15-20-28-37,38-29-21-16-22-30-38)39-31-23-17-24-32-39/h15-17,19-24,27-32,36,40-41,43H,4-14,18,25-26,33-35H2,1-3H3/t36?,40?,41-/m0/s1. The summed E-state index contributed by atoms with van der Waals surface area (Å²) >= 11 is 0. The lowest BCUT2D eigenvalue weighted by atomic mass is 9.80. The minimum Gasteiger partial charge on any atom is -0.388 e. The van der Waals surface area contributed by atoms with Crippen molar-refractivity contribution in [3.05, 3.63) is 108 Å². The maximum atomic E-state index is 11.3. The van der Waals surface area contributed by atoms with Gasteiger partial charge in [0.1, 0.15) is 11.7 Å². The van der Waals surface area contributed by atoms with Gasteiger partial charge in [0.15, 0.2) is 0 Å². The molecule has 1 N–H and O–H groups in total. The van der Waals surface area contributed by atoms with Gasteiger partial charge in [-0.15, -0.1) is 0 Å². The van der Waals surface area contributed by atoms with Crippen molar-refractivity contribution in [1.82, 2.24) is 0 Å². The molecular weight excluding hydrogens is 552 g/mol. The number of benzene rings is 3. The van der Waals surface area contributed by atoms with Gasteiger partial charge >= 0.3 is 0 Å². The lowest BCUT2D eigenvalue weighted by Crippen LogP contribution is -2.37. The van der Waals surface area contributed by atoms with Crippen molar-refractivity contribution >= 4 is 0 Å². The van der Waals surface area contributed by atoms with E-state index in [1.54, 1.807) is 0 Å². The third kappa shape index (κ3) is 12.7. The normalized spacial score (nSPS) is 13.9. The third-order valence-corrected chi connectivity index (χ3v) is 9.28. The summed E-state index contributed by atoms with van der Waals surface area (Å²) in [6.45, 7) is 7.36. The fraction of sp³-hybridized carbons (Fsp3) is 0.571. The van der Waals surface area contributed by atoms with Gasteiger partial charge in [-0.2, -0.15) is 0 Å². The molecule has 0 aromatic heterocycles. The molecule has 248 valence electrons. The molecule has 3 aromatic rings. The summed E-state index contributed by atoms with van der Waals surface area (Å²) in [6.07, 6.45) is 18.8. The van der Waals surface area contributed by atoms with Crippen LogP contribution >= 0.6 is 0 Å². The van der Waals surface area contributed by atoms with Gasteiger partial charge < -0.3 is 14.6 Å². The van der Waals surface area contributed by atoms with Crippen LogP contribution in [0.1, 0.15) is 134 Å². The summed E-state index contributed by atoms with van der Waals surface area (Å²) in [7, 11) is 0. The van der Waals surface area contributed by atoms with Crippen LogP contribution in [0.15, 0.2) is 91.0 Å². The quantitative estimate of drug-likeness (QED) is 0.0762. The number of aliphatic hydroxyl groups is 1. The van der Waals surface area contributed by atoms with E-state index in [0.29, 0.717) is 5.92 Å². The van der Waals surface area contributed by atoms with Gasteiger partial charge in [-0.25, -0.2) is 0 Å². The van der Waals surface area contributed by atoms with Crippen molar-refractivity contribution < 1.29 is 14.6 Å². The number of ether oxygens (including phenoxy) is 2. The highest BCUT2D eigenvalue weighted by molar-refractivity contribution is 5.47. The Kier molecular flexibility index (Phi) is 18.2. The Balaban J connectivity index is 1.64. The van der Waals surface area contributed by atoms with Crippen molar-refractivity contribution in [3.8, 4) is 0 Å². The van der Waals surface area contributed by atoms with Crippen LogP contribution in [0.2, 0.25) is 0 Å². The Labute approximate surface area is 275 Å². The molecular formula is C42H62O3. The number of hydrogen-bond donors (Lipinski definition) is 1. The molecule has 0 aliphatic carbocycles. The highest BCUT2D eigenvalue weighted by atomic mass is 16.5. The molecule has 3 rings (SSSR count). The SMILES string of the molecule is CCCCCCCCCCC[C@H](OCC(O)COC(c1ccccc1)(c1ccccc1)c1ccccc1)C(C)CCCCCC. The Morgan fingerprint density at radius 2 is 0.933 bits per heavy atom. The molecule has 2 unspecified atom stereocenters. The van der Waals surface area contributed by atoms with Gasteiger partial charge in [0.25, 0.3) is 0 Å². The minimum atomic E-state index is -0.840. The molecule has 45 heavy (non-hydrogen) atoms. The maximum Gasteiger partial charge on any atom is 0.143 e. The average molecular weight is 615 g/mol. The fourth-order valence-electron chi connectivity index (χ4n) is 6.54. The Morgan fingerprint density at radius 3 is 1.40 bits per heavy atom. The second-order valence-corrected chi connectivity index (χ2v) is 13.1. The summed E-state index contributed by atoms with van der Waals surface area (Å²) in [5.74, 6) is 0.487. The lowest BCUT2D eigenvalue weighted by Gasteiger charge is -2.36. The average Bonchev–Trinajstić information content (AvgIpc) is 3.09. The van der Waals surface area contributed by atoms with E-state index in [-0.39, 0.29) is 19.3 Å². The molecule has 0 amide bonds. The largest absolute Gasteiger partial charge is 0.388 e. The predicted octanol–water partition coefficient (Wildman–Crippen LogP) is 11.3.